The number of pyridine rings is 1. The largest absolute Gasteiger partial charge is 0.496 e. The first-order chi connectivity index (χ1) is 14.0. The van der Waals surface area contributed by atoms with Crippen LogP contribution in [-0.4, -0.2) is 49.1 Å². The Bertz CT molecular complexity index is 1080. The van der Waals surface area contributed by atoms with Crippen molar-refractivity contribution in [2.75, 3.05) is 38.2 Å². The van der Waals surface area contributed by atoms with Gasteiger partial charge in [-0.25, -0.2) is 13.8 Å². The molecule has 0 unspecified atom stereocenters. The lowest BCUT2D eigenvalue weighted by Crippen LogP contribution is -2.49. The van der Waals surface area contributed by atoms with E-state index in [1.54, 1.807) is 4.90 Å². The number of halogens is 3. The number of hydrogen-bond acceptors (Lipinski definition) is 4. The monoisotopic (exact) mass is 417 g/mol. The van der Waals surface area contributed by atoms with Crippen molar-refractivity contribution in [2.45, 2.75) is 0 Å². The number of ether oxygens (including phenoxy) is 1. The van der Waals surface area contributed by atoms with Gasteiger partial charge in [-0.15, -0.1) is 0 Å². The first-order valence-electron chi connectivity index (χ1n) is 9.10. The van der Waals surface area contributed by atoms with Gasteiger partial charge < -0.3 is 14.5 Å². The molecule has 0 N–H and O–H groups in total. The van der Waals surface area contributed by atoms with Crippen molar-refractivity contribution in [3.05, 3.63) is 64.8 Å². The molecule has 29 heavy (non-hydrogen) atoms. The summed E-state index contributed by atoms with van der Waals surface area (Å²) in [7, 11) is 1.38. The molecule has 150 valence electrons. The molecular formula is C21H18ClF2N3O2. The minimum atomic E-state index is -0.837. The van der Waals surface area contributed by atoms with Crippen LogP contribution in [0.1, 0.15) is 10.5 Å². The molecule has 2 aromatic carbocycles. The number of aromatic nitrogens is 1. The highest BCUT2D eigenvalue weighted by molar-refractivity contribution is 6.33. The summed E-state index contributed by atoms with van der Waals surface area (Å²) in [5.41, 5.74) is 0.894. The third kappa shape index (κ3) is 3.70. The molecule has 0 saturated carbocycles. The number of nitrogens with zero attached hydrogens (tertiary/aromatic N) is 3. The summed E-state index contributed by atoms with van der Waals surface area (Å²) in [6, 6.07) is 10.9. The predicted octanol–water partition coefficient (Wildman–Crippen LogP) is 4.14. The number of hydrogen-bond donors (Lipinski definition) is 0. The molecule has 1 fully saturated rings. The second-order valence-corrected chi connectivity index (χ2v) is 7.13. The summed E-state index contributed by atoms with van der Waals surface area (Å²) in [6.07, 6.45) is 0. The summed E-state index contributed by atoms with van der Waals surface area (Å²) in [5, 5.41) is 0.848. The van der Waals surface area contributed by atoms with E-state index in [9.17, 15) is 13.6 Å². The number of para-hydroxylation sites is 1. The average Bonchev–Trinajstić information content (AvgIpc) is 2.73. The van der Waals surface area contributed by atoms with Gasteiger partial charge in [0.15, 0.2) is 5.82 Å². The van der Waals surface area contributed by atoms with Crippen LogP contribution in [0.15, 0.2) is 42.5 Å². The fourth-order valence-corrected chi connectivity index (χ4v) is 3.78. The van der Waals surface area contributed by atoms with Crippen LogP contribution in [0.2, 0.25) is 5.02 Å². The zero-order chi connectivity index (χ0) is 20.5. The van der Waals surface area contributed by atoms with Crippen LogP contribution in [0.25, 0.3) is 10.9 Å². The van der Waals surface area contributed by atoms with E-state index in [-0.39, 0.29) is 28.3 Å². The number of piperazine rings is 1. The highest BCUT2D eigenvalue weighted by atomic mass is 35.5. The van der Waals surface area contributed by atoms with Crippen molar-refractivity contribution >= 4 is 34.1 Å². The standard InChI is InChI=1S/C21H18ClF2N3O2/c1-29-19-12-17(25-20-14(19)10-13(23)11-16(20)24)21(28)27-8-6-26(7-9-27)18-5-3-2-4-15(18)22/h2-5,10-12H,6-9H2,1H3. The number of rotatable bonds is 3. The maximum Gasteiger partial charge on any atom is 0.272 e. The SMILES string of the molecule is COc1cc(C(=O)N2CCN(c3ccccc3Cl)CC2)nc2c(F)cc(F)cc12. The highest BCUT2D eigenvalue weighted by Gasteiger charge is 2.25. The predicted molar refractivity (Wildman–Crippen MR) is 108 cm³/mol. The van der Waals surface area contributed by atoms with E-state index < -0.39 is 11.6 Å². The van der Waals surface area contributed by atoms with Crippen LogP contribution in [0.5, 0.6) is 5.75 Å². The average molecular weight is 418 g/mol. The lowest BCUT2D eigenvalue weighted by molar-refractivity contribution is 0.0741. The number of amides is 1. The normalized spacial score (nSPS) is 14.3. The maximum atomic E-state index is 14.2. The number of benzene rings is 2. The minimum Gasteiger partial charge on any atom is -0.496 e. The quantitative estimate of drug-likeness (QED) is 0.642. The van der Waals surface area contributed by atoms with Crippen molar-refractivity contribution in [3.8, 4) is 5.75 Å². The summed E-state index contributed by atoms with van der Waals surface area (Å²) in [6.45, 7) is 2.16. The van der Waals surface area contributed by atoms with Gasteiger partial charge in [-0.3, -0.25) is 4.79 Å². The molecule has 0 bridgehead atoms. The van der Waals surface area contributed by atoms with Crippen LogP contribution in [-0.2, 0) is 0 Å². The minimum absolute atomic E-state index is 0.0612. The summed E-state index contributed by atoms with van der Waals surface area (Å²) in [5.74, 6) is -1.69. The van der Waals surface area contributed by atoms with Gasteiger partial charge >= 0.3 is 0 Å². The first-order valence-corrected chi connectivity index (χ1v) is 9.48. The van der Waals surface area contributed by atoms with Crippen LogP contribution in [0.4, 0.5) is 14.5 Å². The van der Waals surface area contributed by atoms with Crippen LogP contribution in [0, 0.1) is 11.6 Å². The zero-order valence-corrected chi connectivity index (χ0v) is 16.4. The number of anilines is 1. The van der Waals surface area contributed by atoms with Crippen LogP contribution < -0.4 is 9.64 Å². The molecule has 4 rings (SSSR count). The third-order valence-electron chi connectivity index (χ3n) is 4.99. The Kier molecular flexibility index (Phi) is 5.24. The van der Waals surface area contributed by atoms with Crippen molar-refractivity contribution in [1.82, 2.24) is 9.88 Å². The van der Waals surface area contributed by atoms with Crippen molar-refractivity contribution in [2.24, 2.45) is 0 Å². The second kappa shape index (κ2) is 7.83. The van der Waals surface area contributed by atoms with Gasteiger partial charge in [-0.05, 0) is 18.2 Å². The van der Waals surface area contributed by atoms with Gasteiger partial charge in [0.05, 0.1) is 17.8 Å². The van der Waals surface area contributed by atoms with Crippen LogP contribution in [0.3, 0.4) is 0 Å². The van der Waals surface area contributed by atoms with E-state index in [2.05, 4.69) is 9.88 Å². The van der Waals surface area contributed by atoms with E-state index >= 15 is 0 Å². The number of methoxy groups -OCH3 is 1. The van der Waals surface area contributed by atoms with E-state index in [1.165, 1.54) is 13.2 Å². The molecule has 5 nitrogen and oxygen atoms in total. The van der Waals surface area contributed by atoms with Gasteiger partial charge in [0.1, 0.15) is 22.8 Å². The van der Waals surface area contributed by atoms with E-state index in [0.717, 1.165) is 17.8 Å². The molecule has 1 aliphatic rings. The van der Waals surface area contributed by atoms with Gasteiger partial charge in [-0.1, -0.05) is 23.7 Å². The first kappa shape index (κ1) is 19.4. The summed E-state index contributed by atoms with van der Waals surface area (Å²) >= 11 is 6.26. The molecule has 1 aromatic heterocycles. The Hall–Kier alpha value is -2.93. The van der Waals surface area contributed by atoms with Gasteiger partial charge in [-0.2, -0.15) is 0 Å². The summed E-state index contributed by atoms with van der Waals surface area (Å²) in [4.78, 5) is 20.9. The lowest BCUT2D eigenvalue weighted by Gasteiger charge is -2.36. The Morgan fingerprint density at radius 3 is 2.52 bits per heavy atom. The number of fused-ring (bicyclic) bond motifs is 1. The number of carbonyl (C=O) groups excluding carboxylic acids is 1. The van der Waals surface area contributed by atoms with Crippen molar-refractivity contribution in [1.29, 1.82) is 0 Å². The Labute approximate surface area is 171 Å². The Morgan fingerprint density at radius 2 is 1.83 bits per heavy atom. The van der Waals surface area contributed by atoms with Crippen molar-refractivity contribution in [3.63, 3.8) is 0 Å². The lowest BCUT2D eigenvalue weighted by atomic mass is 10.1. The molecule has 8 heteroatoms. The van der Waals surface area contributed by atoms with E-state index in [1.807, 2.05) is 24.3 Å². The second-order valence-electron chi connectivity index (χ2n) is 6.72. The van der Waals surface area contributed by atoms with Gasteiger partial charge in [0.25, 0.3) is 5.91 Å². The molecule has 0 radical (unpaired) electrons. The van der Waals surface area contributed by atoms with Crippen molar-refractivity contribution < 1.29 is 18.3 Å². The molecule has 2 heterocycles. The molecule has 0 spiro atoms. The highest BCUT2D eigenvalue weighted by Crippen LogP contribution is 2.29. The number of carbonyl (C=O) groups is 1. The Balaban J connectivity index is 1.58. The molecule has 0 aliphatic carbocycles. The molecular weight excluding hydrogens is 400 g/mol. The van der Waals surface area contributed by atoms with Crippen LogP contribution >= 0.6 is 11.6 Å². The maximum absolute atomic E-state index is 14.2. The topological polar surface area (TPSA) is 45.7 Å². The van der Waals surface area contributed by atoms with E-state index in [0.29, 0.717) is 31.2 Å². The molecule has 1 saturated heterocycles. The fraction of sp³-hybridized carbons (Fsp3) is 0.238. The zero-order valence-electron chi connectivity index (χ0n) is 15.7. The van der Waals surface area contributed by atoms with E-state index in [4.69, 9.17) is 16.3 Å². The molecule has 1 aliphatic heterocycles. The molecule has 3 aromatic rings. The van der Waals surface area contributed by atoms with Gasteiger partial charge in [0, 0.05) is 43.7 Å². The fourth-order valence-electron chi connectivity index (χ4n) is 3.52. The molecule has 0 atom stereocenters. The third-order valence-corrected chi connectivity index (χ3v) is 5.31. The summed E-state index contributed by atoms with van der Waals surface area (Å²) < 4.78 is 33.0. The Morgan fingerprint density at radius 1 is 1.10 bits per heavy atom. The van der Waals surface area contributed by atoms with Gasteiger partial charge in [0.2, 0.25) is 0 Å². The molecule has 1 amide bonds. The smallest absolute Gasteiger partial charge is 0.272 e.